The molecule has 0 aromatic heterocycles. The van der Waals surface area contributed by atoms with Crippen LogP contribution in [0.15, 0.2) is 18.2 Å². The first kappa shape index (κ1) is 19.3. The molecule has 1 aromatic carbocycles. The van der Waals surface area contributed by atoms with Crippen LogP contribution in [0.3, 0.4) is 0 Å². The third-order valence-corrected chi connectivity index (χ3v) is 4.27. The monoisotopic (exact) mass is 345 g/mol. The Kier molecular flexibility index (Phi) is 8.84. The number of halogens is 2. The van der Waals surface area contributed by atoms with Crippen LogP contribution in [-0.4, -0.2) is 29.1 Å². The highest BCUT2D eigenvalue weighted by Gasteiger charge is 2.09. The molecule has 0 saturated carbocycles. The van der Waals surface area contributed by atoms with Crippen molar-refractivity contribution in [1.82, 2.24) is 4.90 Å². The van der Waals surface area contributed by atoms with Gasteiger partial charge in [-0.15, -0.1) is 0 Å². The van der Waals surface area contributed by atoms with Gasteiger partial charge in [0, 0.05) is 13.0 Å². The first-order valence-electron chi connectivity index (χ1n) is 7.76. The van der Waals surface area contributed by atoms with Crippen LogP contribution >= 0.6 is 23.2 Å². The van der Waals surface area contributed by atoms with Gasteiger partial charge < -0.3 is 5.11 Å². The van der Waals surface area contributed by atoms with Crippen molar-refractivity contribution < 1.29 is 9.90 Å². The summed E-state index contributed by atoms with van der Waals surface area (Å²) in [6.07, 6.45) is 2.98. The maximum absolute atomic E-state index is 10.6. The zero-order valence-corrected chi connectivity index (χ0v) is 14.8. The second-order valence-corrected chi connectivity index (χ2v) is 6.87. The van der Waals surface area contributed by atoms with Gasteiger partial charge in [-0.3, -0.25) is 9.69 Å². The van der Waals surface area contributed by atoms with E-state index in [1.54, 1.807) is 0 Å². The van der Waals surface area contributed by atoms with Gasteiger partial charge in [-0.25, -0.2) is 0 Å². The molecule has 5 heteroatoms. The van der Waals surface area contributed by atoms with Crippen molar-refractivity contribution in [3.63, 3.8) is 0 Å². The maximum Gasteiger partial charge on any atom is 0.303 e. The summed E-state index contributed by atoms with van der Waals surface area (Å²) in [6.45, 7) is 7.14. The number of rotatable bonds is 10. The molecule has 1 rings (SSSR count). The van der Waals surface area contributed by atoms with Crippen LogP contribution < -0.4 is 0 Å². The fourth-order valence-corrected chi connectivity index (χ4v) is 2.54. The first-order valence-corrected chi connectivity index (χ1v) is 8.52. The molecule has 0 aliphatic rings. The number of unbranched alkanes of at least 4 members (excludes halogenated alkanes) is 1. The molecular formula is C17H25Cl2NO2. The van der Waals surface area contributed by atoms with Crippen LogP contribution in [0.25, 0.3) is 0 Å². The number of carboxylic acids is 1. The lowest BCUT2D eigenvalue weighted by molar-refractivity contribution is -0.137. The molecule has 0 heterocycles. The minimum atomic E-state index is -0.724. The van der Waals surface area contributed by atoms with Gasteiger partial charge in [0.05, 0.1) is 10.0 Å². The van der Waals surface area contributed by atoms with Crippen LogP contribution in [0.4, 0.5) is 0 Å². The minimum Gasteiger partial charge on any atom is -0.481 e. The smallest absolute Gasteiger partial charge is 0.303 e. The summed E-state index contributed by atoms with van der Waals surface area (Å²) >= 11 is 12.0. The van der Waals surface area contributed by atoms with E-state index in [4.69, 9.17) is 28.3 Å². The number of carboxylic acid groups (broad SMARTS) is 1. The van der Waals surface area contributed by atoms with E-state index < -0.39 is 5.97 Å². The molecule has 0 aliphatic heterocycles. The summed E-state index contributed by atoms with van der Waals surface area (Å²) in [5, 5.41) is 9.85. The highest BCUT2D eigenvalue weighted by molar-refractivity contribution is 6.42. The Morgan fingerprint density at radius 1 is 1.18 bits per heavy atom. The molecule has 0 amide bonds. The van der Waals surface area contributed by atoms with Crippen LogP contribution in [-0.2, 0) is 11.3 Å². The third kappa shape index (κ3) is 8.02. The largest absolute Gasteiger partial charge is 0.481 e. The second kappa shape index (κ2) is 10.1. The maximum atomic E-state index is 10.6. The van der Waals surface area contributed by atoms with Gasteiger partial charge in [0.25, 0.3) is 0 Å². The van der Waals surface area contributed by atoms with Crippen molar-refractivity contribution in [1.29, 1.82) is 0 Å². The normalized spacial score (nSPS) is 11.4. The van der Waals surface area contributed by atoms with Crippen LogP contribution in [0.5, 0.6) is 0 Å². The summed E-state index contributed by atoms with van der Waals surface area (Å²) < 4.78 is 0. The van der Waals surface area contributed by atoms with Crippen LogP contribution in [0.2, 0.25) is 10.0 Å². The molecule has 0 fully saturated rings. The molecule has 0 aliphatic carbocycles. The highest BCUT2D eigenvalue weighted by Crippen LogP contribution is 2.23. The second-order valence-electron chi connectivity index (χ2n) is 6.06. The molecular weight excluding hydrogens is 321 g/mol. The molecule has 124 valence electrons. The number of nitrogens with zero attached hydrogens (tertiary/aromatic N) is 1. The Labute approximate surface area is 143 Å². The van der Waals surface area contributed by atoms with Gasteiger partial charge in [-0.2, -0.15) is 0 Å². The molecule has 1 N–H and O–H groups in total. The first-order chi connectivity index (χ1) is 10.4. The molecule has 0 bridgehead atoms. The molecule has 3 nitrogen and oxygen atoms in total. The lowest BCUT2D eigenvalue weighted by Crippen LogP contribution is -2.26. The van der Waals surface area contributed by atoms with Crippen molar-refractivity contribution in [3.05, 3.63) is 33.8 Å². The Morgan fingerprint density at radius 2 is 1.91 bits per heavy atom. The molecule has 0 atom stereocenters. The summed E-state index contributed by atoms with van der Waals surface area (Å²) in [5.41, 5.74) is 1.14. The Balaban J connectivity index is 2.55. The molecule has 1 aromatic rings. The van der Waals surface area contributed by atoms with E-state index in [-0.39, 0.29) is 6.42 Å². The van der Waals surface area contributed by atoms with E-state index in [1.807, 2.05) is 18.2 Å². The topological polar surface area (TPSA) is 40.5 Å². The van der Waals surface area contributed by atoms with Gasteiger partial charge in [0.15, 0.2) is 0 Å². The van der Waals surface area contributed by atoms with E-state index in [0.717, 1.165) is 44.5 Å². The zero-order chi connectivity index (χ0) is 16.5. The number of carbonyl (C=O) groups is 1. The van der Waals surface area contributed by atoms with Gasteiger partial charge in [0.2, 0.25) is 0 Å². The van der Waals surface area contributed by atoms with E-state index in [1.165, 1.54) is 0 Å². The predicted octanol–water partition coefficient (Wildman–Crippen LogP) is 5.10. The highest BCUT2D eigenvalue weighted by atomic mass is 35.5. The fourth-order valence-electron chi connectivity index (χ4n) is 2.22. The van der Waals surface area contributed by atoms with Crippen molar-refractivity contribution in [3.8, 4) is 0 Å². The van der Waals surface area contributed by atoms with Crippen LogP contribution in [0, 0.1) is 5.92 Å². The standard InChI is InChI=1S/C17H25Cl2NO2/c1-13(2)8-10-20(9-4-3-5-17(21)22)12-14-6-7-15(18)16(19)11-14/h6-7,11,13H,3-5,8-10,12H2,1-2H3,(H,21,22). The Bertz CT molecular complexity index is 478. The lowest BCUT2D eigenvalue weighted by Gasteiger charge is -2.23. The zero-order valence-electron chi connectivity index (χ0n) is 13.3. The summed E-state index contributed by atoms with van der Waals surface area (Å²) in [7, 11) is 0. The lowest BCUT2D eigenvalue weighted by atomic mass is 10.1. The molecule has 0 saturated heterocycles. The van der Waals surface area contributed by atoms with Crippen LogP contribution in [0.1, 0.15) is 45.1 Å². The quantitative estimate of drug-likeness (QED) is 0.600. The molecule has 0 spiro atoms. The van der Waals surface area contributed by atoms with E-state index in [9.17, 15) is 4.79 Å². The van der Waals surface area contributed by atoms with Gasteiger partial charge in [-0.05, 0) is 56.0 Å². The average Bonchev–Trinajstić information content (AvgIpc) is 2.44. The van der Waals surface area contributed by atoms with Crippen molar-refractivity contribution in [2.75, 3.05) is 13.1 Å². The summed E-state index contributed by atoms with van der Waals surface area (Å²) in [6, 6.07) is 5.72. The van der Waals surface area contributed by atoms with E-state index in [2.05, 4.69) is 18.7 Å². The van der Waals surface area contributed by atoms with Gasteiger partial charge >= 0.3 is 5.97 Å². The SMILES string of the molecule is CC(C)CCN(CCCCC(=O)O)Cc1ccc(Cl)c(Cl)c1. The van der Waals surface area contributed by atoms with Gasteiger partial charge in [0.1, 0.15) is 0 Å². The Morgan fingerprint density at radius 3 is 2.50 bits per heavy atom. The average molecular weight is 346 g/mol. The third-order valence-electron chi connectivity index (χ3n) is 3.53. The summed E-state index contributed by atoms with van der Waals surface area (Å²) in [4.78, 5) is 12.9. The number of hydrogen-bond acceptors (Lipinski definition) is 2. The van der Waals surface area contributed by atoms with Crippen molar-refractivity contribution in [2.24, 2.45) is 5.92 Å². The molecule has 0 unspecified atom stereocenters. The van der Waals surface area contributed by atoms with Crippen molar-refractivity contribution >= 4 is 29.2 Å². The summed E-state index contributed by atoms with van der Waals surface area (Å²) in [5.74, 6) is -0.0754. The van der Waals surface area contributed by atoms with Gasteiger partial charge in [-0.1, -0.05) is 43.1 Å². The minimum absolute atomic E-state index is 0.241. The molecule has 22 heavy (non-hydrogen) atoms. The Hall–Kier alpha value is -0.770. The number of benzene rings is 1. The predicted molar refractivity (Wildman–Crippen MR) is 92.7 cm³/mol. The fraction of sp³-hybridized carbons (Fsp3) is 0.588. The number of hydrogen-bond donors (Lipinski definition) is 1. The number of aliphatic carboxylic acids is 1. The van der Waals surface area contributed by atoms with E-state index >= 15 is 0 Å². The van der Waals surface area contributed by atoms with Crippen molar-refractivity contribution in [2.45, 2.75) is 46.1 Å². The molecule has 0 radical (unpaired) electrons. The van der Waals surface area contributed by atoms with E-state index in [0.29, 0.717) is 16.0 Å².